The molecule has 2 heterocycles. The van der Waals surface area contributed by atoms with Gasteiger partial charge in [0.15, 0.2) is 5.82 Å². The molecule has 0 radical (unpaired) electrons. The number of nitrogens with zero attached hydrogens (tertiary/aromatic N) is 3. The fourth-order valence-electron chi connectivity index (χ4n) is 2.00. The van der Waals surface area contributed by atoms with E-state index in [1.165, 1.54) is 22.6 Å². The summed E-state index contributed by atoms with van der Waals surface area (Å²) in [4.78, 5) is 4.21. The van der Waals surface area contributed by atoms with E-state index in [9.17, 15) is 8.42 Å². The lowest BCUT2D eigenvalue weighted by Crippen LogP contribution is -2.11. The normalized spacial score (nSPS) is 11.3. The molecule has 0 spiro atoms. The summed E-state index contributed by atoms with van der Waals surface area (Å²) in [6.07, 6.45) is 4.18. The largest absolute Gasteiger partial charge is 0.380 e. The van der Waals surface area contributed by atoms with Gasteiger partial charge in [-0.25, -0.2) is 23.2 Å². The van der Waals surface area contributed by atoms with Gasteiger partial charge in [-0.2, -0.15) is 5.10 Å². The molecule has 3 N–H and O–H groups in total. The number of aromatic nitrogens is 3. The molecule has 3 aromatic rings. The third-order valence-electron chi connectivity index (χ3n) is 3.21. The zero-order valence-corrected chi connectivity index (χ0v) is 12.9. The minimum Gasteiger partial charge on any atom is -0.380 e. The Kier molecular flexibility index (Phi) is 4.09. The molecular formula is C15H15N5O2S. The van der Waals surface area contributed by atoms with Crippen LogP contribution < -0.4 is 10.5 Å². The van der Waals surface area contributed by atoms with Crippen LogP contribution in [0.25, 0.3) is 5.82 Å². The molecule has 0 aliphatic carbocycles. The highest BCUT2D eigenvalue weighted by atomic mass is 32.2. The smallest absolute Gasteiger partial charge is 0.241 e. The van der Waals surface area contributed by atoms with Crippen molar-refractivity contribution in [1.29, 1.82) is 0 Å². The maximum Gasteiger partial charge on any atom is 0.241 e. The average Bonchev–Trinajstić information content (AvgIpc) is 3.05. The molecule has 0 aliphatic rings. The van der Waals surface area contributed by atoms with Crippen molar-refractivity contribution in [2.24, 2.45) is 5.14 Å². The molecule has 0 saturated carbocycles. The quantitative estimate of drug-likeness (QED) is 0.739. The molecule has 0 atom stereocenters. The van der Waals surface area contributed by atoms with Crippen LogP contribution in [0.1, 0.15) is 5.56 Å². The van der Waals surface area contributed by atoms with E-state index < -0.39 is 10.0 Å². The lowest BCUT2D eigenvalue weighted by molar-refractivity contribution is 0.598. The fraction of sp³-hybridized carbons (Fsp3) is 0.0667. The highest BCUT2D eigenvalue weighted by molar-refractivity contribution is 7.89. The molecule has 3 rings (SSSR count). The third-order valence-corrected chi connectivity index (χ3v) is 4.08. The van der Waals surface area contributed by atoms with Crippen LogP contribution in [-0.2, 0) is 16.6 Å². The zero-order chi connectivity index (χ0) is 16.3. The van der Waals surface area contributed by atoms with Gasteiger partial charge in [0, 0.05) is 6.54 Å². The Balaban J connectivity index is 1.71. The maximum absolute atomic E-state index is 11.2. The molecule has 0 unspecified atom stereocenters. The van der Waals surface area contributed by atoms with Gasteiger partial charge in [-0.05, 0) is 17.7 Å². The molecular weight excluding hydrogens is 314 g/mol. The Morgan fingerprint density at radius 3 is 2.48 bits per heavy atom. The molecule has 2 aromatic heterocycles. The summed E-state index contributed by atoms with van der Waals surface area (Å²) in [7, 11) is -3.76. The van der Waals surface area contributed by atoms with Crippen molar-refractivity contribution in [2.75, 3.05) is 5.32 Å². The Bertz CT molecular complexity index is 889. The minimum absolute atomic E-state index is 0.0504. The lowest BCUT2D eigenvalue weighted by Gasteiger charge is -2.07. The van der Waals surface area contributed by atoms with Gasteiger partial charge in [0.25, 0.3) is 0 Å². The number of sulfonamides is 1. The predicted octanol–water partition coefficient (Wildman–Crippen LogP) is 1.53. The molecule has 0 aliphatic heterocycles. The number of nitrogens with one attached hydrogen (secondary N) is 1. The van der Waals surface area contributed by atoms with Gasteiger partial charge in [-0.3, -0.25) is 0 Å². The van der Waals surface area contributed by atoms with Gasteiger partial charge >= 0.3 is 0 Å². The Labute approximate surface area is 133 Å². The molecule has 0 bridgehead atoms. The predicted molar refractivity (Wildman–Crippen MR) is 86.5 cm³/mol. The van der Waals surface area contributed by atoms with Crippen molar-refractivity contribution < 1.29 is 8.42 Å². The lowest BCUT2D eigenvalue weighted by atomic mass is 10.2. The van der Waals surface area contributed by atoms with Gasteiger partial charge < -0.3 is 5.32 Å². The van der Waals surface area contributed by atoms with E-state index in [1.807, 2.05) is 36.4 Å². The van der Waals surface area contributed by atoms with Gasteiger partial charge in [-0.15, -0.1) is 0 Å². The second-order valence-electron chi connectivity index (χ2n) is 4.91. The number of nitrogens with two attached hydrogens (primary N) is 1. The molecule has 0 saturated heterocycles. The van der Waals surface area contributed by atoms with E-state index >= 15 is 0 Å². The van der Waals surface area contributed by atoms with Crippen molar-refractivity contribution >= 4 is 15.7 Å². The van der Waals surface area contributed by atoms with Crippen molar-refractivity contribution in [3.8, 4) is 5.82 Å². The highest BCUT2D eigenvalue weighted by Crippen LogP contribution is 2.13. The summed E-state index contributed by atoms with van der Waals surface area (Å²) < 4.78 is 23.9. The summed E-state index contributed by atoms with van der Waals surface area (Å²) in [6.45, 7) is 0.694. The van der Waals surface area contributed by atoms with E-state index in [1.54, 1.807) is 12.3 Å². The molecule has 0 fully saturated rings. The summed E-state index contributed by atoms with van der Waals surface area (Å²) in [6, 6.07) is 13.6. The van der Waals surface area contributed by atoms with E-state index in [0.717, 1.165) is 5.69 Å². The van der Waals surface area contributed by atoms with Gasteiger partial charge in [0.05, 0.1) is 24.3 Å². The number of rotatable bonds is 5. The van der Waals surface area contributed by atoms with Crippen LogP contribution in [0.3, 0.4) is 0 Å². The average molecular weight is 329 g/mol. The minimum atomic E-state index is -3.76. The molecule has 7 nitrogen and oxygen atoms in total. The van der Waals surface area contributed by atoms with Gasteiger partial charge in [0.2, 0.25) is 10.0 Å². The number of anilines is 1. The molecule has 0 amide bonds. The zero-order valence-electron chi connectivity index (χ0n) is 12.1. The monoisotopic (exact) mass is 329 g/mol. The van der Waals surface area contributed by atoms with Crippen LogP contribution in [0.5, 0.6) is 0 Å². The first-order chi connectivity index (χ1) is 11.0. The topological polar surface area (TPSA) is 103 Å². The molecule has 23 heavy (non-hydrogen) atoms. The van der Waals surface area contributed by atoms with Crippen molar-refractivity contribution in [3.05, 3.63) is 66.6 Å². The SMILES string of the molecule is NS(=O)(=O)c1cnn(-c2ccc(NCc3ccccc3)cn2)c1. The third kappa shape index (κ3) is 3.74. The summed E-state index contributed by atoms with van der Waals surface area (Å²) >= 11 is 0. The second kappa shape index (κ2) is 6.19. The molecule has 8 heteroatoms. The fourth-order valence-corrected chi connectivity index (χ4v) is 2.45. The van der Waals surface area contributed by atoms with Crippen LogP contribution in [0.4, 0.5) is 5.69 Å². The van der Waals surface area contributed by atoms with Crippen molar-refractivity contribution in [3.63, 3.8) is 0 Å². The first-order valence-corrected chi connectivity index (χ1v) is 8.39. The van der Waals surface area contributed by atoms with E-state index in [2.05, 4.69) is 15.4 Å². The van der Waals surface area contributed by atoms with E-state index in [4.69, 9.17) is 5.14 Å². The summed E-state index contributed by atoms with van der Waals surface area (Å²) in [5.74, 6) is 0.505. The van der Waals surface area contributed by atoms with Crippen LogP contribution >= 0.6 is 0 Å². The number of hydrogen-bond acceptors (Lipinski definition) is 5. The van der Waals surface area contributed by atoms with Crippen LogP contribution in [0.2, 0.25) is 0 Å². The summed E-state index contributed by atoms with van der Waals surface area (Å²) in [5, 5.41) is 12.3. The van der Waals surface area contributed by atoms with Crippen LogP contribution in [-0.4, -0.2) is 23.2 Å². The Morgan fingerprint density at radius 2 is 1.87 bits per heavy atom. The first-order valence-electron chi connectivity index (χ1n) is 6.84. The highest BCUT2D eigenvalue weighted by Gasteiger charge is 2.11. The van der Waals surface area contributed by atoms with Gasteiger partial charge in [0.1, 0.15) is 4.90 Å². The maximum atomic E-state index is 11.2. The van der Waals surface area contributed by atoms with Crippen LogP contribution in [0.15, 0.2) is 66.0 Å². The number of hydrogen-bond donors (Lipinski definition) is 2. The molecule has 1 aromatic carbocycles. The summed E-state index contributed by atoms with van der Waals surface area (Å²) in [5.41, 5.74) is 2.03. The Hall–Kier alpha value is -2.71. The van der Waals surface area contributed by atoms with Gasteiger partial charge in [-0.1, -0.05) is 30.3 Å². The number of benzene rings is 1. The van der Waals surface area contributed by atoms with E-state index in [-0.39, 0.29) is 4.90 Å². The molecule has 118 valence electrons. The second-order valence-corrected chi connectivity index (χ2v) is 6.47. The van der Waals surface area contributed by atoms with Crippen molar-refractivity contribution in [2.45, 2.75) is 11.4 Å². The standard InChI is InChI=1S/C15H15N5O2S/c16-23(21,22)14-10-19-20(11-14)15-7-6-13(9-18-15)17-8-12-4-2-1-3-5-12/h1-7,9-11,17H,8H2,(H2,16,21,22). The number of primary sulfonamides is 1. The van der Waals surface area contributed by atoms with Crippen molar-refractivity contribution in [1.82, 2.24) is 14.8 Å². The van der Waals surface area contributed by atoms with Crippen LogP contribution in [0, 0.1) is 0 Å². The van der Waals surface area contributed by atoms with E-state index in [0.29, 0.717) is 12.4 Å². The number of pyridine rings is 1. The Morgan fingerprint density at radius 1 is 1.09 bits per heavy atom. The first kappa shape index (κ1) is 15.2.